The normalized spacial score (nSPS) is 22.6. The number of hydrogen-bond donors (Lipinski definition) is 0. The molecule has 1 aliphatic rings. The van der Waals surface area contributed by atoms with Gasteiger partial charge in [0.2, 0.25) is 0 Å². The summed E-state index contributed by atoms with van der Waals surface area (Å²) in [5, 5.41) is 0. The van der Waals surface area contributed by atoms with Crippen LogP contribution >= 0.6 is 0 Å². The minimum absolute atomic E-state index is 0.383. The van der Waals surface area contributed by atoms with Gasteiger partial charge in [-0.1, -0.05) is 0 Å². The topological polar surface area (TPSA) is 12.5 Å². The molecule has 0 bridgehead atoms. The standard InChI is InChI=1S/C11H16AsNO/c1-13-7-6-11(8-13)14-10-4-2-9(12)3-5-10/h2-5,11H,6-8,12H2,1H3. The molecule has 0 saturated carbocycles. The third kappa shape index (κ3) is 2.52. The Morgan fingerprint density at radius 3 is 2.64 bits per heavy atom. The van der Waals surface area contributed by atoms with Crippen LogP contribution in [0.25, 0.3) is 0 Å². The molecule has 2 rings (SSSR count). The van der Waals surface area contributed by atoms with Crippen molar-refractivity contribution in [2.24, 2.45) is 0 Å². The Labute approximate surface area is 93.7 Å². The molecule has 0 spiro atoms. The van der Waals surface area contributed by atoms with E-state index in [0.717, 1.165) is 25.3 Å². The monoisotopic (exact) mass is 253 g/mol. The van der Waals surface area contributed by atoms with Crippen molar-refractivity contribution in [2.75, 3.05) is 20.1 Å². The van der Waals surface area contributed by atoms with E-state index >= 15 is 0 Å². The maximum atomic E-state index is 5.87. The Morgan fingerprint density at radius 2 is 2.07 bits per heavy atom. The molecule has 1 aromatic rings. The molecular weight excluding hydrogens is 237 g/mol. The fraction of sp³-hybridized carbons (Fsp3) is 0.455. The fourth-order valence-electron chi connectivity index (χ4n) is 1.73. The zero-order valence-corrected chi connectivity index (χ0v) is 10.9. The quantitative estimate of drug-likeness (QED) is 0.689. The molecule has 0 radical (unpaired) electrons. The minimum atomic E-state index is 0.383. The van der Waals surface area contributed by atoms with Gasteiger partial charge in [0.15, 0.2) is 0 Å². The van der Waals surface area contributed by atoms with E-state index in [4.69, 9.17) is 4.74 Å². The molecule has 14 heavy (non-hydrogen) atoms. The molecule has 1 aliphatic heterocycles. The van der Waals surface area contributed by atoms with E-state index in [2.05, 4.69) is 36.2 Å². The number of rotatable bonds is 2. The van der Waals surface area contributed by atoms with Crippen LogP contribution in [0.4, 0.5) is 0 Å². The zero-order valence-electron chi connectivity index (χ0n) is 8.44. The van der Waals surface area contributed by atoms with Crippen molar-refractivity contribution >= 4 is 21.2 Å². The van der Waals surface area contributed by atoms with Gasteiger partial charge in [-0.25, -0.2) is 0 Å². The summed E-state index contributed by atoms with van der Waals surface area (Å²) in [5.41, 5.74) is 0. The summed E-state index contributed by atoms with van der Waals surface area (Å²) in [4.78, 5) is 2.31. The van der Waals surface area contributed by atoms with E-state index in [1.54, 1.807) is 16.9 Å². The van der Waals surface area contributed by atoms with Gasteiger partial charge in [-0.3, -0.25) is 0 Å². The molecule has 3 heteroatoms. The van der Waals surface area contributed by atoms with E-state index in [0.29, 0.717) is 6.10 Å². The number of hydrogen-bond acceptors (Lipinski definition) is 2. The second-order valence-electron chi connectivity index (χ2n) is 3.86. The summed E-state index contributed by atoms with van der Waals surface area (Å²) >= 11 is 1.65. The average molecular weight is 253 g/mol. The molecule has 76 valence electrons. The molecule has 2 nitrogen and oxygen atoms in total. The van der Waals surface area contributed by atoms with E-state index in [1.165, 1.54) is 4.35 Å². The maximum absolute atomic E-state index is 5.87. The molecular formula is C11H16AsNO. The average Bonchev–Trinajstić information content (AvgIpc) is 2.56. The van der Waals surface area contributed by atoms with E-state index < -0.39 is 0 Å². The molecule has 0 N–H and O–H groups in total. The third-order valence-corrected chi connectivity index (χ3v) is 3.34. The molecule has 1 fully saturated rings. The Bertz CT molecular complexity index is 299. The van der Waals surface area contributed by atoms with Crippen molar-refractivity contribution in [1.29, 1.82) is 0 Å². The molecule has 2 unspecified atom stereocenters. The molecule has 2 atom stereocenters. The predicted octanol–water partition coefficient (Wildman–Crippen LogP) is 0.0279. The van der Waals surface area contributed by atoms with Crippen LogP contribution in [0.5, 0.6) is 5.75 Å². The van der Waals surface area contributed by atoms with E-state index in [9.17, 15) is 0 Å². The SMILES string of the molecule is CN1CCC(Oc2ccc([AsH2])cc2)C1. The van der Waals surface area contributed by atoms with Gasteiger partial charge in [-0.2, -0.15) is 0 Å². The van der Waals surface area contributed by atoms with Gasteiger partial charge in [0.1, 0.15) is 0 Å². The van der Waals surface area contributed by atoms with Crippen LogP contribution in [-0.4, -0.2) is 48.0 Å². The molecule has 1 saturated heterocycles. The van der Waals surface area contributed by atoms with Crippen LogP contribution in [0.1, 0.15) is 6.42 Å². The van der Waals surface area contributed by atoms with Crippen LogP contribution in [0, 0.1) is 0 Å². The molecule has 0 aromatic heterocycles. The van der Waals surface area contributed by atoms with Gasteiger partial charge in [-0.15, -0.1) is 0 Å². The Balaban J connectivity index is 1.94. The van der Waals surface area contributed by atoms with Gasteiger partial charge in [0.25, 0.3) is 0 Å². The van der Waals surface area contributed by atoms with Crippen LogP contribution in [-0.2, 0) is 0 Å². The Morgan fingerprint density at radius 1 is 1.36 bits per heavy atom. The first-order valence-electron chi connectivity index (χ1n) is 4.95. The van der Waals surface area contributed by atoms with Crippen LogP contribution in [0.3, 0.4) is 0 Å². The number of likely N-dealkylation sites (N-methyl/N-ethyl adjacent to an activating group) is 1. The summed E-state index contributed by atoms with van der Waals surface area (Å²) in [5.74, 6) is 1.01. The number of ether oxygens (including phenoxy) is 1. The van der Waals surface area contributed by atoms with Crippen molar-refractivity contribution in [3.8, 4) is 5.75 Å². The summed E-state index contributed by atoms with van der Waals surface area (Å²) in [6.45, 7) is 2.21. The van der Waals surface area contributed by atoms with Crippen molar-refractivity contribution in [2.45, 2.75) is 12.5 Å². The van der Waals surface area contributed by atoms with Crippen LogP contribution in [0.15, 0.2) is 24.3 Å². The Kier molecular flexibility index (Phi) is 3.15. The second-order valence-corrected chi connectivity index (χ2v) is 5.26. The summed E-state index contributed by atoms with van der Waals surface area (Å²) in [6.07, 6.45) is 1.53. The van der Waals surface area contributed by atoms with Gasteiger partial charge in [-0.05, 0) is 0 Å². The van der Waals surface area contributed by atoms with E-state index in [1.807, 2.05) is 0 Å². The number of benzene rings is 1. The van der Waals surface area contributed by atoms with Gasteiger partial charge >= 0.3 is 93.5 Å². The van der Waals surface area contributed by atoms with Gasteiger partial charge in [0.05, 0.1) is 0 Å². The predicted molar refractivity (Wildman–Crippen MR) is 61.2 cm³/mol. The summed E-state index contributed by atoms with van der Waals surface area (Å²) < 4.78 is 7.21. The van der Waals surface area contributed by atoms with Crippen LogP contribution < -0.4 is 9.09 Å². The first-order chi connectivity index (χ1) is 6.74. The van der Waals surface area contributed by atoms with Gasteiger partial charge in [0, 0.05) is 0 Å². The van der Waals surface area contributed by atoms with Crippen molar-refractivity contribution in [3.05, 3.63) is 24.3 Å². The molecule has 1 heterocycles. The van der Waals surface area contributed by atoms with Gasteiger partial charge < -0.3 is 0 Å². The first-order valence-corrected chi connectivity index (χ1v) is 6.16. The van der Waals surface area contributed by atoms with Crippen LogP contribution in [0.2, 0.25) is 0 Å². The number of nitrogens with zero attached hydrogens (tertiary/aromatic N) is 1. The van der Waals surface area contributed by atoms with Crippen molar-refractivity contribution in [1.82, 2.24) is 4.90 Å². The molecule has 0 amide bonds. The zero-order chi connectivity index (χ0) is 9.97. The van der Waals surface area contributed by atoms with Crippen molar-refractivity contribution < 1.29 is 4.74 Å². The fourth-order valence-corrected chi connectivity index (χ4v) is 2.13. The summed E-state index contributed by atoms with van der Waals surface area (Å²) in [6, 6.07) is 8.37. The van der Waals surface area contributed by atoms with E-state index in [-0.39, 0.29) is 0 Å². The molecule has 0 aliphatic carbocycles. The molecule has 1 aromatic carbocycles. The third-order valence-electron chi connectivity index (χ3n) is 2.53. The second kappa shape index (κ2) is 4.37. The van der Waals surface area contributed by atoms with Crippen molar-refractivity contribution in [3.63, 3.8) is 0 Å². The summed E-state index contributed by atoms with van der Waals surface area (Å²) in [7, 11) is 2.14. The number of likely N-dealkylation sites (tertiary alicyclic amines) is 1. The Hall–Kier alpha value is -0.462. The first kappa shape index (κ1) is 10.1.